The van der Waals surface area contributed by atoms with Crippen molar-refractivity contribution in [3.8, 4) is 0 Å². The Hall–Kier alpha value is -7.23. The SMILES string of the molecule is CC(C)[C@H](N)C(=O)NCCCCCC(=O)O[C@H](C[C@H](Cc1ccccc1)C(=O)N[C@H]1c2ccccc2C[C@H]1OC(=O)CCCCCNC(=O)[C@@H](N)C(C)C)CN1CCN(Cc2cccnc2)C[C@H]1C(=O)NC(C)(C)C.O=C(O)C(F)(F)F.O=C(O)C(F)(F)F. The van der Waals surface area contributed by atoms with E-state index in [9.17, 15) is 50.3 Å². The number of piperazine rings is 1. The Morgan fingerprint density at radius 3 is 1.73 bits per heavy atom. The highest BCUT2D eigenvalue weighted by atomic mass is 19.4. The average molecular weight is 1270 g/mol. The normalized spacial score (nSPS) is 17.4. The van der Waals surface area contributed by atoms with Gasteiger partial charge in [-0.1, -0.05) is 101 Å². The number of hydrogen-bond donors (Lipinski definition) is 8. The molecule has 2 aromatic carbocycles. The smallest absolute Gasteiger partial charge is 0.475 e. The van der Waals surface area contributed by atoms with Crippen LogP contribution in [0.4, 0.5) is 26.3 Å². The van der Waals surface area contributed by atoms with Crippen LogP contribution >= 0.6 is 0 Å². The number of nitrogens with two attached hydrogens (primary N) is 2. The molecule has 0 saturated carbocycles. The van der Waals surface area contributed by atoms with Gasteiger partial charge in [-0.2, -0.15) is 26.3 Å². The first kappa shape index (κ1) is 76.0. The Labute approximate surface area is 516 Å². The van der Waals surface area contributed by atoms with Crippen LogP contribution in [0.2, 0.25) is 0 Å². The van der Waals surface area contributed by atoms with E-state index in [1.165, 1.54) is 0 Å². The second-order valence-electron chi connectivity index (χ2n) is 23.8. The highest BCUT2D eigenvalue weighted by Gasteiger charge is 2.41. The molecule has 0 unspecified atom stereocenters. The van der Waals surface area contributed by atoms with E-state index in [0.29, 0.717) is 90.6 Å². The van der Waals surface area contributed by atoms with E-state index < -0.39 is 78.1 Å². The third kappa shape index (κ3) is 28.9. The number of pyridine rings is 1. The van der Waals surface area contributed by atoms with Crippen LogP contribution in [0.25, 0.3) is 0 Å². The molecule has 7 atom stereocenters. The number of nitrogens with one attached hydrogen (secondary N) is 4. The molecule has 89 heavy (non-hydrogen) atoms. The second kappa shape index (κ2) is 37.1. The van der Waals surface area contributed by atoms with Gasteiger partial charge in [0.25, 0.3) is 0 Å². The molecular weight excluding hydrogens is 1180 g/mol. The molecule has 27 heteroatoms. The number of aliphatic carboxylic acids is 2. The second-order valence-corrected chi connectivity index (χ2v) is 23.8. The van der Waals surface area contributed by atoms with Crippen molar-refractivity contribution in [1.29, 1.82) is 0 Å². The van der Waals surface area contributed by atoms with Crippen LogP contribution in [0.5, 0.6) is 0 Å². The number of rotatable bonds is 29. The van der Waals surface area contributed by atoms with E-state index in [-0.39, 0.29) is 67.2 Å². The zero-order valence-electron chi connectivity index (χ0n) is 51.7. The molecular formula is C62H89F6N9O12. The monoisotopic (exact) mass is 1270 g/mol. The van der Waals surface area contributed by atoms with Gasteiger partial charge < -0.3 is 52.4 Å². The van der Waals surface area contributed by atoms with Crippen molar-refractivity contribution in [3.63, 3.8) is 0 Å². The summed E-state index contributed by atoms with van der Waals surface area (Å²) in [6, 6.07) is 19.1. The number of esters is 2. The number of fused-ring (bicyclic) bond motifs is 1. The van der Waals surface area contributed by atoms with E-state index >= 15 is 4.79 Å². The first-order valence-corrected chi connectivity index (χ1v) is 29.8. The van der Waals surface area contributed by atoms with Gasteiger partial charge in [0.15, 0.2) is 0 Å². The molecule has 1 saturated heterocycles. The van der Waals surface area contributed by atoms with E-state index in [1.54, 1.807) is 6.20 Å². The standard InChI is InChI=1S/C58H87N9O8.2C2HF3O2/c1-39(2)51(59)56(72)62-28-17-9-13-25-49(68)74-45(37-67-31-30-66(36-42-22-19-27-61-35-42)38-47(67)55(71)65-58(5,6)7)33-44(32-41-20-11-8-12-21-41)54(70)64-53-46-24-16-15-23-43(46)34-48(53)75-50(69)26-14-10-18-29-63-57(73)52(60)40(3)4;2*3-2(4,5)1(6)7/h8,11-12,15-16,19-24,27,35,39-40,44-45,47-48,51-53H,9-10,13-14,17-18,25-26,28-34,36-38,59-60H2,1-7H3,(H,62,72)(H,63,73)(H,64,70)(H,65,71);2*(H,6,7)/t44-,45+,47-,48+,51-,52-,53-;;/m0../s1. The molecule has 5 rings (SSSR count). The summed E-state index contributed by atoms with van der Waals surface area (Å²) in [6.07, 6.45) is -2.94. The number of unbranched alkanes of at least 4 members (excludes halogenated alkanes) is 4. The van der Waals surface area contributed by atoms with Crippen LogP contribution in [0.15, 0.2) is 79.1 Å². The van der Waals surface area contributed by atoms with Crippen LogP contribution in [-0.2, 0) is 67.2 Å². The maximum atomic E-state index is 15.0. The number of alkyl halides is 6. The summed E-state index contributed by atoms with van der Waals surface area (Å²) in [6.45, 7) is 16.8. The highest BCUT2D eigenvalue weighted by molar-refractivity contribution is 5.83. The molecule has 1 aromatic heterocycles. The lowest BCUT2D eigenvalue weighted by Gasteiger charge is -2.42. The topological polar surface area (TPSA) is 315 Å². The lowest BCUT2D eigenvalue weighted by molar-refractivity contribution is -0.193. The number of ether oxygens (including phenoxy) is 2. The van der Waals surface area contributed by atoms with E-state index in [0.717, 1.165) is 22.3 Å². The fraction of sp³-hybridized carbons (Fsp3) is 0.597. The zero-order chi connectivity index (χ0) is 66.6. The van der Waals surface area contributed by atoms with Gasteiger partial charge in [-0.05, 0) is 99.5 Å². The lowest BCUT2D eigenvalue weighted by Crippen LogP contribution is -2.62. The van der Waals surface area contributed by atoms with Gasteiger partial charge >= 0.3 is 36.2 Å². The Morgan fingerprint density at radius 1 is 0.685 bits per heavy atom. The minimum Gasteiger partial charge on any atom is -0.475 e. The van der Waals surface area contributed by atoms with Gasteiger partial charge in [0.1, 0.15) is 18.2 Å². The molecule has 3 aromatic rings. The maximum absolute atomic E-state index is 15.0. The largest absolute Gasteiger partial charge is 0.490 e. The third-order valence-electron chi connectivity index (χ3n) is 14.5. The Kier molecular flexibility index (Phi) is 31.7. The van der Waals surface area contributed by atoms with Gasteiger partial charge in [-0.15, -0.1) is 0 Å². The summed E-state index contributed by atoms with van der Waals surface area (Å²) in [7, 11) is 0. The average Bonchev–Trinajstić information content (AvgIpc) is 3.01. The summed E-state index contributed by atoms with van der Waals surface area (Å²) in [4.78, 5) is 108. The Morgan fingerprint density at radius 2 is 1.21 bits per heavy atom. The number of halogens is 6. The van der Waals surface area contributed by atoms with Crippen molar-refractivity contribution in [2.45, 2.75) is 180 Å². The summed E-state index contributed by atoms with van der Waals surface area (Å²) < 4.78 is 76.1. The minimum atomic E-state index is -5.08. The van der Waals surface area contributed by atoms with Crippen LogP contribution in [0.3, 0.4) is 0 Å². The van der Waals surface area contributed by atoms with E-state index in [2.05, 4.69) is 36.1 Å². The molecule has 21 nitrogen and oxygen atoms in total. The molecule has 0 bridgehead atoms. The first-order valence-electron chi connectivity index (χ1n) is 29.8. The van der Waals surface area contributed by atoms with Gasteiger partial charge in [-0.3, -0.25) is 43.6 Å². The molecule has 1 fully saturated rings. The van der Waals surface area contributed by atoms with Crippen LogP contribution in [-0.4, -0.2) is 160 Å². The number of aromatic nitrogens is 1. The molecule has 496 valence electrons. The Balaban J connectivity index is 0.00000132. The van der Waals surface area contributed by atoms with Crippen molar-refractivity contribution in [1.82, 2.24) is 36.1 Å². The quantitative estimate of drug-likeness (QED) is 0.0207. The summed E-state index contributed by atoms with van der Waals surface area (Å²) in [5.41, 5.74) is 15.3. The van der Waals surface area contributed by atoms with Gasteiger partial charge in [-0.25, -0.2) is 9.59 Å². The van der Waals surface area contributed by atoms with E-state index in [4.69, 9.17) is 40.7 Å². The van der Waals surface area contributed by atoms with E-state index in [1.807, 2.05) is 121 Å². The predicted octanol–water partition coefficient (Wildman–Crippen LogP) is 6.56. The lowest BCUT2D eigenvalue weighted by atomic mass is 9.91. The molecule has 4 amide bonds. The number of hydrogen-bond acceptors (Lipinski definition) is 15. The molecule has 2 aliphatic rings. The van der Waals surface area contributed by atoms with Crippen molar-refractivity contribution >= 4 is 47.5 Å². The third-order valence-corrected chi connectivity index (χ3v) is 14.5. The molecule has 2 heterocycles. The van der Waals surface area contributed by atoms with Crippen LogP contribution < -0.4 is 32.7 Å². The first-order chi connectivity index (χ1) is 41.7. The van der Waals surface area contributed by atoms with Gasteiger partial charge in [0.05, 0.1) is 18.1 Å². The van der Waals surface area contributed by atoms with Crippen molar-refractivity contribution in [3.05, 3.63) is 101 Å². The van der Waals surface area contributed by atoms with Gasteiger partial charge in [0.2, 0.25) is 23.6 Å². The number of carboxylic acids is 2. The van der Waals surface area contributed by atoms with Crippen molar-refractivity contribution < 1.29 is 84.4 Å². The molecule has 0 radical (unpaired) electrons. The number of nitrogens with zero attached hydrogens (tertiary/aromatic N) is 3. The number of benzene rings is 2. The number of carbonyl (C=O) groups excluding carboxylic acids is 6. The van der Waals surface area contributed by atoms with Gasteiger partial charge in [0, 0.05) is 88.9 Å². The predicted molar refractivity (Wildman–Crippen MR) is 318 cm³/mol. The number of carbonyl (C=O) groups is 8. The highest BCUT2D eigenvalue weighted by Crippen LogP contribution is 2.35. The molecule has 1 aliphatic carbocycles. The number of carboxylic acid groups (broad SMARTS) is 2. The van der Waals surface area contributed by atoms with Crippen LogP contribution in [0, 0.1) is 17.8 Å². The zero-order valence-corrected chi connectivity index (χ0v) is 51.7. The summed E-state index contributed by atoms with van der Waals surface area (Å²) in [5, 5.41) is 26.5. The Bertz CT molecular complexity index is 2700. The van der Waals surface area contributed by atoms with Crippen molar-refractivity contribution in [2.75, 3.05) is 39.3 Å². The summed E-state index contributed by atoms with van der Waals surface area (Å²) in [5.74, 6) is -7.73. The van der Waals surface area contributed by atoms with Crippen LogP contribution in [0.1, 0.15) is 135 Å². The fourth-order valence-corrected chi connectivity index (χ4v) is 9.60. The minimum absolute atomic E-state index is 0.0155. The fourth-order valence-electron chi connectivity index (χ4n) is 9.60. The maximum Gasteiger partial charge on any atom is 0.490 e. The summed E-state index contributed by atoms with van der Waals surface area (Å²) >= 11 is 0. The molecule has 10 N–H and O–H groups in total. The molecule has 0 spiro atoms. The number of amides is 4. The van der Waals surface area contributed by atoms with Crippen molar-refractivity contribution in [2.24, 2.45) is 29.2 Å². The molecule has 1 aliphatic heterocycles.